The summed E-state index contributed by atoms with van der Waals surface area (Å²) in [6.45, 7) is 3.99. The summed E-state index contributed by atoms with van der Waals surface area (Å²) in [4.78, 5) is 12.2. The van der Waals surface area contributed by atoms with Crippen molar-refractivity contribution in [2.24, 2.45) is 0 Å². The van der Waals surface area contributed by atoms with Gasteiger partial charge in [-0.15, -0.1) is 16.8 Å². The van der Waals surface area contributed by atoms with Gasteiger partial charge in [-0.2, -0.15) is 13.2 Å². The van der Waals surface area contributed by atoms with Crippen molar-refractivity contribution in [1.29, 1.82) is 0 Å². The number of allylic oxidation sites excluding steroid dienone is 1. The highest BCUT2D eigenvalue weighted by molar-refractivity contribution is 7.99. The Morgan fingerprint density at radius 1 is 1.33 bits per heavy atom. The maximum Gasteiger partial charge on any atom is 0.418 e. The lowest BCUT2D eigenvalue weighted by Crippen LogP contribution is -2.18. The van der Waals surface area contributed by atoms with Crippen LogP contribution in [0.2, 0.25) is 0 Å². The number of nitrogens with one attached hydrogen (secondary N) is 1. The molecule has 1 aliphatic rings. The maximum atomic E-state index is 13.1. The molecule has 1 aromatic carbocycles. The fourth-order valence-electron chi connectivity index (χ4n) is 3.16. The van der Waals surface area contributed by atoms with Gasteiger partial charge in [-0.1, -0.05) is 30.0 Å². The molecule has 0 aliphatic carbocycles. The molecular formula is C18H19F3N4O3S2. The molecule has 1 fully saturated rings. The average Bonchev–Trinajstić information content (AvgIpc) is 3.22. The van der Waals surface area contributed by atoms with Crippen LogP contribution in [0.5, 0.6) is 0 Å². The van der Waals surface area contributed by atoms with Crippen molar-refractivity contribution in [3.05, 3.63) is 48.3 Å². The Kier molecular flexibility index (Phi) is 6.56. The van der Waals surface area contributed by atoms with Gasteiger partial charge in [-0.25, -0.2) is 8.42 Å². The molecule has 2 aromatic rings. The number of halogens is 3. The number of nitrogens with zero attached hydrogens (tertiary/aromatic N) is 3. The minimum atomic E-state index is -4.59. The van der Waals surface area contributed by atoms with Crippen LogP contribution in [0.1, 0.15) is 23.7 Å². The quantitative estimate of drug-likeness (QED) is 0.504. The zero-order valence-electron chi connectivity index (χ0n) is 15.7. The van der Waals surface area contributed by atoms with Gasteiger partial charge in [0.15, 0.2) is 15.0 Å². The van der Waals surface area contributed by atoms with E-state index >= 15 is 0 Å². The highest BCUT2D eigenvalue weighted by Crippen LogP contribution is 2.35. The predicted octanol–water partition coefficient (Wildman–Crippen LogP) is 3.12. The van der Waals surface area contributed by atoms with Gasteiger partial charge in [0.25, 0.3) is 0 Å². The highest BCUT2D eigenvalue weighted by Gasteiger charge is 2.34. The van der Waals surface area contributed by atoms with E-state index in [0.29, 0.717) is 23.9 Å². The van der Waals surface area contributed by atoms with Crippen molar-refractivity contribution >= 4 is 33.2 Å². The Balaban J connectivity index is 1.70. The number of para-hydroxylation sites is 1. The Morgan fingerprint density at radius 2 is 2.07 bits per heavy atom. The fraction of sp³-hybridized carbons (Fsp3) is 0.389. The standard InChI is InChI=1S/C18H19F3N4O3S2/c1-2-8-25-16(12-7-9-30(27,28)11-12)23-24-17(25)29-10-15(26)22-14-6-4-3-5-13(14)18(19,20)21/h2-6,12H,1,7-11H2,(H,22,26). The predicted molar refractivity (Wildman–Crippen MR) is 107 cm³/mol. The number of aromatic nitrogens is 3. The third-order valence-corrected chi connectivity index (χ3v) is 7.23. The lowest BCUT2D eigenvalue weighted by atomic mass is 10.1. The van der Waals surface area contributed by atoms with E-state index in [1.54, 1.807) is 10.6 Å². The van der Waals surface area contributed by atoms with Crippen LogP contribution in [0, 0.1) is 0 Å². The number of carbonyl (C=O) groups excluding carboxylic acids is 1. The van der Waals surface area contributed by atoms with Crippen molar-refractivity contribution in [2.45, 2.75) is 30.2 Å². The molecule has 1 amide bonds. The second-order valence-corrected chi connectivity index (χ2v) is 9.89. The first-order chi connectivity index (χ1) is 14.1. The van der Waals surface area contributed by atoms with Crippen LogP contribution in [0.4, 0.5) is 18.9 Å². The largest absolute Gasteiger partial charge is 0.418 e. The first-order valence-electron chi connectivity index (χ1n) is 8.94. The maximum absolute atomic E-state index is 13.1. The zero-order valence-corrected chi connectivity index (χ0v) is 17.4. The Bertz CT molecular complexity index is 1050. The second-order valence-electron chi connectivity index (χ2n) is 6.72. The number of amides is 1. The molecular weight excluding hydrogens is 441 g/mol. The summed E-state index contributed by atoms with van der Waals surface area (Å²) >= 11 is 1.01. The number of thioether (sulfide) groups is 1. The number of hydrogen-bond donors (Lipinski definition) is 1. The van der Waals surface area contributed by atoms with E-state index in [1.807, 2.05) is 0 Å². The topological polar surface area (TPSA) is 93.9 Å². The normalized spacial score (nSPS) is 18.3. The summed E-state index contributed by atoms with van der Waals surface area (Å²) in [6.07, 6.45) is -2.55. The van der Waals surface area contributed by atoms with Crippen molar-refractivity contribution in [2.75, 3.05) is 22.6 Å². The zero-order chi connectivity index (χ0) is 21.9. The second kappa shape index (κ2) is 8.80. The third kappa shape index (κ3) is 5.22. The Morgan fingerprint density at radius 3 is 2.70 bits per heavy atom. The number of alkyl halides is 3. The van der Waals surface area contributed by atoms with E-state index < -0.39 is 27.5 Å². The Hall–Kier alpha value is -2.34. The van der Waals surface area contributed by atoms with Gasteiger partial charge in [0.1, 0.15) is 5.82 Å². The van der Waals surface area contributed by atoms with Crippen molar-refractivity contribution in [1.82, 2.24) is 14.8 Å². The molecule has 0 spiro atoms. The van der Waals surface area contributed by atoms with Gasteiger partial charge in [-0.3, -0.25) is 4.79 Å². The molecule has 0 bridgehead atoms. The van der Waals surface area contributed by atoms with E-state index in [1.165, 1.54) is 18.2 Å². The number of hydrogen-bond acceptors (Lipinski definition) is 6. The smallest absolute Gasteiger partial charge is 0.325 e. The van der Waals surface area contributed by atoms with E-state index in [9.17, 15) is 26.4 Å². The van der Waals surface area contributed by atoms with Crippen LogP contribution in [-0.4, -0.2) is 46.3 Å². The summed E-state index contributed by atoms with van der Waals surface area (Å²) < 4.78 is 64.4. The van der Waals surface area contributed by atoms with Gasteiger partial charge in [0.2, 0.25) is 5.91 Å². The molecule has 0 radical (unpaired) electrons. The molecule has 12 heteroatoms. The number of benzene rings is 1. The van der Waals surface area contributed by atoms with E-state index in [4.69, 9.17) is 0 Å². The summed E-state index contributed by atoms with van der Waals surface area (Å²) in [6, 6.07) is 4.73. The van der Waals surface area contributed by atoms with Gasteiger partial charge in [-0.05, 0) is 18.6 Å². The van der Waals surface area contributed by atoms with Gasteiger partial charge < -0.3 is 9.88 Å². The molecule has 1 unspecified atom stereocenters. The molecule has 30 heavy (non-hydrogen) atoms. The minimum Gasteiger partial charge on any atom is -0.325 e. The first kappa shape index (κ1) is 22.3. The molecule has 7 nitrogen and oxygen atoms in total. The first-order valence-corrected chi connectivity index (χ1v) is 11.7. The molecule has 1 aliphatic heterocycles. The monoisotopic (exact) mass is 460 g/mol. The minimum absolute atomic E-state index is 0.0122. The molecule has 1 atom stereocenters. The van der Waals surface area contributed by atoms with E-state index in [0.717, 1.165) is 17.8 Å². The molecule has 1 aromatic heterocycles. The van der Waals surface area contributed by atoms with Crippen LogP contribution in [0.25, 0.3) is 0 Å². The van der Waals surface area contributed by atoms with Crippen LogP contribution in [0.3, 0.4) is 0 Å². The molecule has 2 heterocycles. The molecule has 1 saturated heterocycles. The molecule has 1 N–H and O–H groups in total. The van der Waals surface area contributed by atoms with E-state index in [-0.39, 0.29) is 28.9 Å². The van der Waals surface area contributed by atoms with Gasteiger partial charge >= 0.3 is 6.18 Å². The van der Waals surface area contributed by atoms with Gasteiger partial charge in [0.05, 0.1) is 28.5 Å². The SMILES string of the molecule is C=CCn1c(SCC(=O)Nc2ccccc2C(F)(F)F)nnc1C1CCS(=O)(=O)C1. The molecule has 0 saturated carbocycles. The van der Waals surface area contributed by atoms with Crippen molar-refractivity contribution in [3.8, 4) is 0 Å². The average molecular weight is 461 g/mol. The van der Waals surface area contributed by atoms with E-state index in [2.05, 4.69) is 22.1 Å². The van der Waals surface area contributed by atoms with Gasteiger partial charge in [0, 0.05) is 12.5 Å². The number of rotatable bonds is 7. The molecule has 3 rings (SSSR count). The summed E-state index contributed by atoms with van der Waals surface area (Å²) in [5, 5.41) is 10.8. The summed E-state index contributed by atoms with van der Waals surface area (Å²) in [7, 11) is -3.11. The third-order valence-electron chi connectivity index (χ3n) is 4.49. The lowest BCUT2D eigenvalue weighted by molar-refractivity contribution is -0.137. The summed E-state index contributed by atoms with van der Waals surface area (Å²) in [5.41, 5.74) is -1.25. The summed E-state index contributed by atoms with van der Waals surface area (Å²) in [5.74, 6) is -0.533. The number of anilines is 1. The van der Waals surface area contributed by atoms with Crippen LogP contribution in [-0.2, 0) is 27.4 Å². The molecule has 162 valence electrons. The van der Waals surface area contributed by atoms with Crippen molar-refractivity contribution in [3.63, 3.8) is 0 Å². The van der Waals surface area contributed by atoms with Crippen LogP contribution in [0.15, 0.2) is 42.1 Å². The lowest BCUT2D eigenvalue weighted by Gasteiger charge is -2.13. The van der Waals surface area contributed by atoms with Crippen LogP contribution >= 0.6 is 11.8 Å². The Labute approximate surface area is 175 Å². The van der Waals surface area contributed by atoms with Crippen molar-refractivity contribution < 1.29 is 26.4 Å². The van der Waals surface area contributed by atoms with Crippen LogP contribution < -0.4 is 5.32 Å². The fourth-order valence-corrected chi connectivity index (χ4v) is 5.66. The number of sulfone groups is 1. The number of carbonyl (C=O) groups is 1. The highest BCUT2D eigenvalue weighted by atomic mass is 32.2.